The molecule has 2 aromatic carbocycles. The summed E-state index contributed by atoms with van der Waals surface area (Å²) in [6, 6.07) is 15.3. The molecule has 0 bridgehead atoms. The Morgan fingerprint density at radius 2 is 1.85 bits per heavy atom. The van der Waals surface area contributed by atoms with Crippen molar-refractivity contribution in [1.82, 2.24) is 14.8 Å². The summed E-state index contributed by atoms with van der Waals surface area (Å²) in [5.74, 6) is -0.0355. The highest BCUT2D eigenvalue weighted by molar-refractivity contribution is 6.11. The maximum Gasteiger partial charge on any atom is 0.268 e. The third kappa shape index (κ3) is 3.63. The molecule has 1 aromatic heterocycles. The second-order valence-electron chi connectivity index (χ2n) is 8.29. The second kappa shape index (κ2) is 8.12. The minimum Gasteiger partial charge on any atom is -0.497 e. The summed E-state index contributed by atoms with van der Waals surface area (Å²) in [7, 11) is 3.40. The molecule has 2 aliphatic heterocycles. The summed E-state index contributed by atoms with van der Waals surface area (Å²) in [5, 5.41) is 5.84. The van der Waals surface area contributed by atoms with Gasteiger partial charge in [0.25, 0.3) is 11.8 Å². The summed E-state index contributed by atoms with van der Waals surface area (Å²) in [6.45, 7) is 0.390. The third-order valence-corrected chi connectivity index (χ3v) is 6.35. The lowest BCUT2D eigenvalue weighted by Gasteiger charge is -2.25. The summed E-state index contributed by atoms with van der Waals surface area (Å²) in [6.07, 6.45) is 2.29. The average molecular weight is 444 g/mol. The Bertz CT molecular complexity index is 1250. The Hall–Kier alpha value is -4.07. The van der Waals surface area contributed by atoms with E-state index in [1.54, 1.807) is 54.1 Å². The fourth-order valence-electron chi connectivity index (χ4n) is 4.59. The van der Waals surface area contributed by atoms with Gasteiger partial charge in [-0.3, -0.25) is 14.4 Å². The summed E-state index contributed by atoms with van der Waals surface area (Å²) in [4.78, 5) is 40.8. The van der Waals surface area contributed by atoms with E-state index in [1.807, 2.05) is 30.3 Å². The van der Waals surface area contributed by atoms with Crippen LogP contribution in [0.5, 0.6) is 5.75 Å². The van der Waals surface area contributed by atoms with Crippen LogP contribution in [0.3, 0.4) is 0 Å². The number of nitrogens with zero attached hydrogens (tertiary/aromatic N) is 2. The van der Waals surface area contributed by atoms with Crippen molar-refractivity contribution in [1.29, 1.82) is 0 Å². The highest BCUT2D eigenvalue weighted by Gasteiger charge is 2.45. The molecule has 2 aliphatic rings. The fraction of sp³-hybridized carbons (Fsp3) is 0.240. The van der Waals surface area contributed by atoms with E-state index in [-0.39, 0.29) is 17.7 Å². The Labute approximate surface area is 191 Å². The number of aromatic nitrogens is 1. The van der Waals surface area contributed by atoms with E-state index in [4.69, 9.17) is 4.74 Å². The van der Waals surface area contributed by atoms with Gasteiger partial charge in [0.05, 0.1) is 24.4 Å². The number of carbonyl (C=O) groups excluding carboxylic acids is 3. The number of methoxy groups -OCH3 is 1. The number of carbonyl (C=O) groups is 3. The smallest absolute Gasteiger partial charge is 0.268 e. The van der Waals surface area contributed by atoms with Crippen LogP contribution in [0.2, 0.25) is 0 Å². The molecule has 3 amide bonds. The lowest BCUT2D eigenvalue weighted by Crippen LogP contribution is -2.51. The van der Waals surface area contributed by atoms with Gasteiger partial charge >= 0.3 is 0 Å². The van der Waals surface area contributed by atoms with Gasteiger partial charge in [0.15, 0.2) is 0 Å². The van der Waals surface area contributed by atoms with E-state index in [0.717, 1.165) is 16.9 Å². The quantitative estimate of drug-likeness (QED) is 0.647. The number of fused-ring (bicyclic) bond motifs is 2. The molecule has 0 unspecified atom stereocenters. The highest BCUT2D eigenvalue weighted by Crippen LogP contribution is 2.32. The number of benzene rings is 2. The van der Waals surface area contributed by atoms with Crippen molar-refractivity contribution in [2.75, 3.05) is 19.0 Å². The topological polar surface area (TPSA) is 92.7 Å². The van der Waals surface area contributed by atoms with Crippen LogP contribution in [-0.2, 0) is 11.8 Å². The molecule has 3 heterocycles. The molecule has 8 heteroatoms. The molecule has 2 atom stereocenters. The largest absolute Gasteiger partial charge is 0.497 e. The van der Waals surface area contributed by atoms with Gasteiger partial charge in [0.2, 0.25) is 5.91 Å². The number of hydrogen-bond acceptors (Lipinski definition) is 4. The SMILES string of the molecule is COc1ccc(-c2ccc3c(c2)C(=O)N2CC[C@@H](NC(=O)c4cccn4C)[C@H]2C(=O)N3)cc1. The Morgan fingerprint density at radius 3 is 2.55 bits per heavy atom. The zero-order chi connectivity index (χ0) is 23.1. The van der Waals surface area contributed by atoms with Crippen LogP contribution in [0, 0.1) is 0 Å². The first-order valence-electron chi connectivity index (χ1n) is 10.8. The van der Waals surface area contributed by atoms with Crippen molar-refractivity contribution in [3.63, 3.8) is 0 Å². The fourth-order valence-corrected chi connectivity index (χ4v) is 4.59. The van der Waals surface area contributed by atoms with Crippen molar-refractivity contribution in [3.8, 4) is 16.9 Å². The molecule has 8 nitrogen and oxygen atoms in total. The molecule has 0 spiro atoms. The lowest BCUT2D eigenvalue weighted by molar-refractivity contribution is -0.120. The van der Waals surface area contributed by atoms with Gasteiger partial charge in [-0.05, 0) is 53.9 Å². The van der Waals surface area contributed by atoms with Crippen molar-refractivity contribution in [3.05, 3.63) is 72.1 Å². The normalized spacial score (nSPS) is 19.4. The van der Waals surface area contributed by atoms with Gasteiger partial charge < -0.3 is 24.8 Å². The number of ether oxygens (including phenoxy) is 1. The van der Waals surface area contributed by atoms with Crippen molar-refractivity contribution in [2.24, 2.45) is 7.05 Å². The van der Waals surface area contributed by atoms with E-state index >= 15 is 0 Å². The maximum atomic E-state index is 13.5. The molecule has 168 valence electrons. The van der Waals surface area contributed by atoms with Crippen LogP contribution in [0.15, 0.2) is 60.8 Å². The van der Waals surface area contributed by atoms with Crippen LogP contribution in [-0.4, -0.2) is 52.9 Å². The van der Waals surface area contributed by atoms with Crippen LogP contribution in [0.1, 0.15) is 27.3 Å². The first kappa shape index (κ1) is 20.8. The standard InChI is InChI=1S/C25H24N4O4/c1-28-12-3-4-21(28)23(30)27-20-11-13-29-22(20)24(31)26-19-10-7-16(14-18(19)25(29)32)15-5-8-17(33-2)9-6-15/h3-10,12,14,20,22H,11,13H2,1-2H3,(H,26,31)(H,27,30)/t20-,22+/m1/s1. The minimum atomic E-state index is -0.765. The number of rotatable bonds is 4. The molecule has 0 aliphatic carbocycles. The molecular formula is C25H24N4O4. The predicted octanol–water partition coefficient (Wildman–Crippen LogP) is 2.67. The summed E-state index contributed by atoms with van der Waals surface area (Å²) < 4.78 is 6.94. The molecule has 33 heavy (non-hydrogen) atoms. The Kier molecular flexibility index (Phi) is 5.12. The van der Waals surface area contributed by atoms with Gasteiger partial charge in [0, 0.05) is 19.8 Å². The molecule has 0 radical (unpaired) electrons. The van der Waals surface area contributed by atoms with Crippen molar-refractivity contribution >= 4 is 23.4 Å². The predicted molar refractivity (Wildman–Crippen MR) is 123 cm³/mol. The summed E-state index contributed by atoms with van der Waals surface area (Å²) >= 11 is 0. The number of amides is 3. The van der Waals surface area contributed by atoms with Crippen LogP contribution in [0.4, 0.5) is 5.69 Å². The van der Waals surface area contributed by atoms with Gasteiger partial charge in [-0.2, -0.15) is 0 Å². The molecule has 2 N–H and O–H groups in total. The number of hydrogen-bond donors (Lipinski definition) is 2. The molecule has 3 aromatic rings. The van der Waals surface area contributed by atoms with Gasteiger partial charge in [-0.1, -0.05) is 18.2 Å². The van der Waals surface area contributed by atoms with E-state index in [2.05, 4.69) is 10.6 Å². The van der Waals surface area contributed by atoms with E-state index < -0.39 is 12.1 Å². The molecule has 5 rings (SSSR count). The second-order valence-corrected chi connectivity index (χ2v) is 8.29. The first-order chi connectivity index (χ1) is 16.0. The van der Waals surface area contributed by atoms with E-state index in [0.29, 0.717) is 29.9 Å². The number of aryl methyl sites for hydroxylation is 1. The van der Waals surface area contributed by atoms with Crippen LogP contribution < -0.4 is 15.4 Å². The summed E-state index contributed by atoms with van der Waals surface area (Å²) in [5.41, 5.74) is 3.22. The van der Waals surface area contributed by atoms with E-state index in [9.17, 15) is 14.4 Å². The minimum absolute atomic E-state index is 0.223. The highest BCUT2D eigenvalue weighted by atomic mass is 16.5. The van der Waals surface area contributed by atoms with E-state index in [1.165, 1.54) is 0 Å². The molecule has 0 saturated carbocycles. The molecule has 1 saturated heterocycles. The van der Waals surface area contributed by atoms with Gasteiger partial charge in [-0.25, -0.2) is 0 Å². The molecular weight excluding hydrogens is 420 g/mol. The van der Waals surface area contributed by atoms with Crippen molar-refractivity contribution < 1.29 is 19.1 Å². The molecule has 1 fully saturated rings. The Morgan fingerprint density at radius 1 is 1.09 bits per heavy atom. The zero-order valence-corrected chi connectivity index (χ0v) is 18.4. The monoisotopic (exact) mass is 444 g/mol. The number of anilines is 1. The third-order valence-electron chi connectivity index (χ3n) is 6.35. The average Bonchev–Trinajstić information content (AvgIpc) is 3.42. The van der Waals surface area contributed by atoms with Crippen molar-refractivity contribution in [2.45, 2.75) is 18.5 Å². The maximum absolute atomic E-state index is 13.5. The number of nitrogens with one attached hydrogen (secondary N) is 2. The van der Waals surface area contributed by atoms with Crippen LogP contribution in [0.25, 0.3) is 11.1 Å². The van der Waals surface area contributed by atoms with Crippen LogP contribution >= 0.6 is 0 Å². The first-order valence-corrected chi connectivity index (χ1v) is 10.8. The Balaban J connectivity index is 1.42. The zero-order valence-electron chi connectivity index (χ0n) is 18.4. The van der Waals surface area contributed by atoms with Gasteiger partial charge in [-0.15, -0.1) is 0 Å². The van der Waals surface area contributed by atoms with Gasteiger partial charge in [0.1, 0.15) is 17.5 Å². The lowest BCUT2D eigenvalue weighted by atomic mass is 10.0.